The minimum absolute atomic E-state index is 0.368. The Morgan fingerprint density at radius 2 is 2.25 bits per heavy atom. The average Bonchev–Trinajstić information content (AvgIpc) is 2.21. The number of rotatable bonds is 4. The van der Waals surface area contributed by atoms with E-state index in [-0.39, 0.29) is 5.82 Å². The summed E-state index contributed by atoms with van der Waals surface area (Å²) < 4.78 is 13.7. The second-order valence-corrected chi connectivity index (χ2v) is 4.44. The van der Waals surface area contributed by atoms with Gasteiger partial charge in [-0.05, 0) is 47.0 Å². The Morgan fingerprint density at radius 3 is 2.75 bits per heavy atom. The van der Waals surface area contributed by atoms with Gasteiger partial charge in [0.05, 0.1) is 4.47 Å². The quantitative estimate of drug-likeness (QED) is 0.895. The van der Waals surface area contributed by atoms with Crippen molar-refractivity contribution >= 4 is 27.5 Å². The summed E-state index contributed by atoms with van der Waals surface area (Å²) >= 11 is 3.10. The van der Waals surface area contributed by atoms with Crippen LogP contribution < -0.4 is 11.1 Å². The zero-order valence-corrected chi connectivity index (χ0v) is 10.8. The van der Waals surface area contributed by atoms with Gasteiger partial charge in [0.1, 0.15) is 11.9 Å². The predicted molar refractivity (Wildman–Crippen MR) is 65.7 cm³/mol. The molecule has 1 unspecified atom stereocenters. The van der Waals surface area contributed by atoms with Crippen molar-refractivity contribution in [1.29, 1.82) is 0 Å². The predicted octanol–water partition coefficient (Wildman–Crippen LogP) is 2.57. The summed E-state index contributed by atoms with van der Waals surface area (Å²) in [5.74, 6) is -0.808. The number of carbonyl (C=O) groups is 1. The van der Waals surface area contributed by atoms with Gasteiger partial charge in [-0.2, -0.15) is 0 Å². The number of carbonyl (C=O) groups excluding carboxylic acids is 1. The van der Waals surface area contributed by atoms with E-state index in [0.717, 1.165) is 5.56 Å². The smallest absolute Gasteiger partial charge is 0.239 e. The Balaban J connectivity index is 2.96. The summed E-state index contributed by atoms with van der Waals surface area (Å²) in [6.07, 6.45) is 0.562. The average molecular weight is 289 g/mol. The first kappa shape index (κ1) is 13.0. The molecule has 0 aromatic heterocycles. The van der Waals surface area contributed by atoms with Crippen molar-refractivity contribution in [1.82, 2.24) is 0 Å². The van der Waals surface area contributed by atoms with E-state index in [1.165, 1.54) is 6.07 Å². The minimum atomic E-state index is -0.473. The third-order valence-electron chi connectivity index (χ3n) is 2.35. The largest absolute Gasteiger partial charge is 0.373 e. The van der Waals surface area contributed by atoms with Crippen LogP contribution in [0.25, 0.3) is 0 Å². The number of nitrogens with one attached hydrogen (secondary N) is 1. The van der Waals surface area contributed by atoms with Crippen LogP contribution in [0.2, 0.25) is 0 Å². The fraction of sp³-hybridized carbons (Fsp3) is 0.364. The molecule has 3 nitrogen and oxygen atoms in total. The SMILES string of the molecule is CCC(Nc1cc(F)c(Br)cc1C)C(N)=O. The molecule has 0 aliphatic rings. The van der Waals surface area contributed by atoms with Gasteiger partial charge < -0.3 is 11.1 Å². The number of hydrogen-bond acceptors (Lipinski definition) is 2. The minimum Gasteiger partial charge on any atom is -0.373 e. The summed E-state index contributed by atoms with van der Waals surface area (Å²) in [6, 6.07) is 2.54. The summed E-state index contributed by atoms with van der Waals surface area (Å²) in [4.78, 5) is 11.1. The third-order valence-corrected chi connectivity index (χ3v) is 2.96. The molecule has 0 spiro atoms. The number of nitrogens with two attached hydrogens (primary N) is 1. The van der Waals surface area contributed by atoms with E-state index < -0.39 is 11.9 Å². The van der Waals surface area contributed by atoms with Gasteiger partial charge in [-0.25, -0.2) is 4.39 Å². The van der Waals surface area contributed by atoms with E-state index in [4.69, 9.17) is 5.73 Å². The number of halogens is 2. The Bertz CT molecular complexity index is 409. The van der Waals surface area contributed by atoms with Crippen molar-refractivity contribution in [3.63, 3.8) is 0 Å². The van der Waals surface area contributed by atoms with E-state index in [2.05, 4.69) is 21.2 Å². The number of benzene rings is 1. The van der Waals surface area contributed by atoms with Crippen molar-refractivity contribution < 1.29 is 9.18 Å². The molecule has 0 heterocycles. The van der Waals surface area contributed by atoms with Crippen LogP contribution in [0.1, 0.15) is 18.9 Å². The molecule has 0 fully saturated rings. The molecule has 0 bridgehead atoms. The second-order valence-electron chi connectivity index (χ2n) is 3.59. The maximum absolute atomic E-state index is 13.3. The molecule has 1 rings (SSSR count). The Hall–Kier alpha value is -1.10. The molecule has 0 saturated carbocycles. The van der Waals surface area contributed by atoms with E-state index in [1.807, 2.05) is 13.8 Å². The number of amides is 1. The van der Waals surface area contributed by atoms with Gasteiger partial charge in [0.25, 0.3) is 0 Å². The Kier molecular flexibility index (Phi) is 4.29. The summed E-state index contributed by atoms with van der Waals surface area (Å²) in [5.41, 5.74) is 6.65. The number of anilines is 1. The van der Waals surface area contributed by atoms with Gasteiger partial charge in [-0.3, -0.25) is 4.79 Å². The zero-order valence-electron chi connectivity index (χ0n) is 9.18. The van der Waals surface area contributed by atoms with Crippen molar-refractivity contribution in [2.45, 2.75) is 26.3 Å². The maximum atomic E-state index is 13.3. The molecule has 5 heteroatoms. The summed E-state index contributed by atoms with van der Waals surface area (Å²) in [7, 11) is 0. The first-order valence-electron chi connectivity index (χ1n) is 4.97. The van der Waals surface area contributed by atoms with Gasteiger partial charge >= 0.3 is 0 Å². The van der Waals surface area contributed by atoms with Gasteiger partial charge in [0.2, 0.25) is 5.91 Å². The van der Waals surface area contributed by atoms with E-state index in [9.17, 15) is 9.18 Å². The van der Waals surface area contributed by atoms with Crippen molar-refractivity contribution in [2.24, 2.45) is 5.73 Å². The molecule has 0 aliphatic heterocycles. The van der Waals surface area contributed by atoms with Crippen molar-refractivity contribution in [3.8, 4) is 0 Å². The molecule has 1 aromatic rings. The molecule has 1 atom stereocenters. The number of primary amides is 1. The Morgan fingerprint density at radius 1 is 1.62 bits per heavy atom. The highest BCUT2D eigenvalue weighted by Gasteiger charge is 2.14. The monoisotopic (exact) mass is 288 g/mol. The lowest BCUT2D eigenvalue weighted by Crippen LogP contribution is -2.34. The third kappa shape index (κ3) is 2.95. The zero-order chi connectivity index (χ0) is 12.3. The molecular formula is C11H14BrFN2O. The molecule has 0 saturated heterocycles. The topological polar surface area (TPSA) is 55.1 Å². The molecular weight excluding hydrogens is 275 g/mol. The van der Waals surface area contributed by atoms with Crippen LogP contribution in [0.5, 0.6) is 0 Å². The fourth-order valence-electron chi connectivity index (χ4n) is 1.36. The number of aryl methyl sites for hydroxylation is 1. The van der Waals surface area contributed by atoms with Crippen molar-refractivity contribution in [2.75, 3.05) is 5.32 Å². The van der Waals surface area contributed by atoms with Crippen LogP contribution in [0.15, 0.2) is 16.6 Å². The summed E-state index contributed by atoms with van der Waals surface area (Å²) in [5, 5.41) is 2.93. The first-order chi connectivity index (χ1) is 7.45. The van der Waals surface area contributed by atoms with Gasteiger partial charge in [0, 0.05) is 5.69 Å². The van der Waals surface area contributed by atoms with Crippen molar-refractivity contribution in [3.05, 3.63) is 28.0 Å². The van der Waals surface area contributed by atoms with Crippen LogP contribution in [-0.4, -0.2) is 11.9 Å². The maximum Gasteiger partial charge on any atom is 0.239 e. The molecule has 0 radical (unpaired) electrons. The van der Waals surface area contributed by atoms with Gasteiger partial charge in [-0.1, -0.05) is 6.92 Å². The van der Waals surface area contributed by atoms with Crippen LogP contribution in [0.3, 0.4) is 0 Å². The second kappa shape index (κ2) is 5.30. The molecule has 1 amide bonds. The van der Waals surface area contributed by atoms with Gasteiger partial charge in [-0.15, -0.1) is 0 Å². The van der Waals surface area contributed by atoms with E-state index in [0.29, 0.717) is 16.6 Å². The molecule has 16 heavy (non-hydrogen) atoms. The highest BCUT2D eigenvalue weighted by atomic mass is 79.9. The molecule has 0 aliphatic carbocycles. The molecule has 1 aromatic carbocycles. The van der Waals surface area contributed by atoms with Gasteiger partial charge in [0.15, 0.2) is 0 Å². The van der Waals surface area contributed by atoms with Crippen LogP contribution in [0.4, 0.5) is 10.1 Å². The van der Waals surface area contributed by atoms with E-state index in [1.54, 1.807) is 6.07 Å². The highest BCUT2D eigenvalue weighted by Crippen LogP contribution is 2.24. The Labute approximate surface area is 102 Å². The lowest BCUT2D eigenvalue weighted by molar-refractivity contribution is -0.118. The lowest BCUT2D eigenvalue weighted by atomic mass is 10.1. The highest BCUT2D eigenvalue weighted by molar-refractivity contribution is 9.10. The number of hydrogen-bond donors (Lipinski definition) is 2. The summed E-state index contributed by atoms with van der Waals surface area (Å²) in [6.45, 7) is 3.67. The fourth-order valence-corrected chi connectivity index (χ4v) is 1.82. The standard InChI is InChI=1S/C11H14BrFN2O/c1-3-9(11(14)16)15-10-5-8(13)7(12)4-6(10)2/h4-5,9,15H,3H2,1-2H3,(H2,14,16). The first-order valence-corrected chi connectivity index (χ1v) is 5.76. The van der Waals surface area contributed by atoms with Crippen LogP contribution in [0, 0.1) is 12.7 Å². The normalized spacial score (nSPS) is 12.2. The molecule has 3 N–H and O–H groups in total. The van der Waals surface area contributed by atoms with Crippen LogP contribution >= 0.6 is 15.9 Å². The molecule has 88 valence electrons. The van der Waals surface area contributed by atoms with E-state index >= 15 is 0 Å². The van der Waals surface area contributed by atoms with Crippen LogP contribution in [-0.2, 0) is 4.79 Å². The lowest BCUT2D eigenvalue weighted by Gasteiger charge is -2.17.